The number of ether oxygens (including phenoxy) is 1. The number of hydrazine groups is 2. The fourth-order valence-corrected chi connectivity index (χ4v) is 9.38. The van der Waals surface area contributed by atoms with Crippen LogP contribution in [-0.2, 0) is 19.1 Å². The molecular formula is C38H62N6O6. The number of aliphatic carboxylic acids is 1. The minimum Gasteiger partial charge on any atom is -0.479 e. The van der Waals surface area contributed by atoms with E-state index in [0.29, 0.717) is 31.1 Å². The Morgan fingerprint density at radius 2 is 1.64 bits per heavy atom. The lowest BCUT2D eigenvalue weighted by Crippen LogP contribution is -2.56. The van der Waals surface area contributed by atoms with Gasteiger partial charge >= 0.3 is 12.1 Å². The van der Waals surface area contributed by atoms with E-state index >= 15 is 0 Å². The Balaban J connectivity index is 1.25. The van der Waals surface area contributed by atoms with Crippen molar-refractivity contribution in [2.24, 2.45) is 17.8 Å². The van der Waals surface area contributed by atoms with Crippen molar-refractivity contribution in [3.8, 4) is 0 Å². The molecule has 3 heterocycles. The number of rotatable bonds is 6. The molecule has 3 amide bonds. The fourth-order valence-electron chi connectivity index (χ4n) is 9.38. The lowest BCUT2D eigenvalue weighted by molar-refractivity contribution is -0.145. The molecule has 2 saturated heterocycles. The van der Waals surface area contributed by atoms with E-state index in [9.17, 15) is 24.3 Å². The van der Waals surface area contributed by atoms with Gasteiger partial charge in [0.1, 0.15) is 23.2 Å². The number of hydrogen-bond acceptors (Lipinski definition) is 8. The molecular weight excluding hydrogens is 636 g/mol. The number of allylic oxidation sites excluding steroid dienone is 1. The zero-order chi connectivity index (χ0) is 35.5. The first kappa shape index (κ1) is 37.1. The summed E-state index contributed by atoms with van der Waals surface area (Å²) in [5.41, 5.74) is 5.59. The van der Waals surface area contributed by atoms with Crippen LogP contribution in [0.5, 0.6) is 0 Å². The molecule has 5 fully saturated rings. The summed E-state index contributed by atoms with van der Waals surface area (Å²) in [4.78, 5) is 55.8. The largest absolute Gasteiger partial charge is 0.479 e. The maximum Gasteiger partial charge on any atom is 0.408 e. The molecule has 0 radical (unpaired) electrons. The normalized spacial score (nSPS) is 36.0. The lowest BCUT2D eigenvalue weighted by atomic mass is 9.77. The number of alkyl carbamates (subject to hydrolysis) is 1. The number of carboxylic acids is 1. The van der Waals surface area contributed by atoms with Crippen LogP contribution in [0.25, 0.3) is 0 Å². The highest BCUT2D eigenvalue weighted by Gasteiger charge is 2.61. The number of amides is 3. The number of carboxylic acid groups (broad SMARTS) is 1. The van der Waals surface area contributed by atoms with E-state index in [1.54, 1.807) is 25.7 Å². The minimum absolute atomic E-state index is 0.214. The van der Waals surface area contributed by atoms with Crippen LogP contribution in [0.4, 0.5) is 4.79 Å². The highest BCUT2D eigenvalue weighted by Crippen LogP contribution is 2.45. The van der Waals surface area contributed by atoms with E-state index in [4.69, 9.17) is 4.74 Å². The Bertz CT molecular complexity index is 1260. The van der Waals surface area contributed by atoms with E-state index in [1.807, 2.05) is 12.2 Å². The Kier molecular flexibility index (Phi) is 11.8. The highest BCUT2D eigenvalue weighted by molar-refractivity contribution is 5.96. The summed E-state index contributed by atoms with van der Waals surface area (Å²) in [6, 6.07) is -1.39. The van der Waals surface area contributed by atoms with Crippen LogP contribution in [0.3, 0.4) is 0 Å². The summed E-state index contributed by atoms with van der Waals surface area (Å²) in [6.07, 6.45) is 21.4. The predicted octanol–water partition coefficient (Wildman–Crippen LogP) is 4.94. The molecule has 3 saturated carbocycles. The van der Waals surface area contributed by atoms with Gasteiger partial charge in [-0.1, -0.05) is 76.4 Å². The molecule has 2 unspecified atom stereocenters. The van der Waals surface area contributed by atoms with Crippen molar-refractivity contribution < 1.29 is 29.0 Å². The van der Waals surface area contributed by atoms with Crippen LogP contribution >= 0.6 is 0 Å². The summed E-state index contributed by atoms with van der Waals surface area (Å²) in [5.74, 6) is -0.837. The summed E-state index contributed by atoms with van der Waals surface area (Å²) >= 11 is 0. The van der Waals surface area contributed by atoms with Crippen molar-refractivity contribution in [3.05, 3.63) is 12.2 Å². The predicted molar refractivity (Wildman–Crippen MR) is 189 cm³/mol. The molecule has 5 N–H and O–H groups in total. The average molecular weight is 699 g/mol. The highest BCUT2D eigenvalue weighted by atomic mass is 16.6. The standard InChI is InChI=1S/C38H62N6O6/c1-37(2,3)50-36(49)39-29-20-14-6-4-5-13-19-27-23-38(27,35(47)48)40-33(45)31-22-28(24-43(31)34(29)46)44-41-30(21-25-15-9-7-10-16-25)32(42-44)26-17-11-8-12-18-26/h13,19,25-32,41-42H,4-12,14-18,20-24H2,1-3H3,(H,39,49)(H,40,45)(H,47,48)/b19-13-/t27-,28+,29-,30?,31+,32?,38+/m1/s1. The summed E-state index contributed by atoms with van der Waals surface area (Å²) in [5, 5.41) is 18.1. The first-order valence-electron chi connectivity index (χ1n) is 19.8. The van der Waals surface area contributed by atoms with Crippen molar-refractivity contribution in [1.82, 2.24) is 31.5 Å². The Labute approximate surface area is 298 Å². The minimum atomic E-state index is -1.37. The van der Waals surface area contributed by atoms with Crippen LogP contribution in [0.1, 0.15) is 136 Å². The van der Waals surface area contributed by atoms with Crippen LogP contribution in [0, 0.1) is 17.8 Å². The van der Waals surface area contributed by atoms with Gasteiger partial charge in [0.05, 0.1) is 6.04 Å². The average Bonchev–Trinajstić information content (AvgIpc) is 3.37. The molecule has 7 atom stereocenters. The zero-order valence-electron chi connectivity index (χ0n) is 30.6. The van der Waals surface area contributed by atoms with Gasteiger partial charge in [-0.15, -0.1) is 0 Å². The fraction of sp³-hybridized carbons (Fsp3) is 0.842. The molecule has 0 aromatic carbocycles. The van der Waals surface area contributed by atoms with Gasteiger partial charge < -0.3 is 25.4 Å². The van der Waals surface area contributed by atoms with Gasteiger partial charge in [-0.05, 0) is 84.0 Å². The van der Waals surface area contributed by atoms with E-state index in [2.05, 4.69) is 26.6 Å². The van der Waals surface area contributed by atoms with Gasteiger partial charge in [0, 0.05) is 24.5 Å². The third kappa shape index (κ3) is 8.84. The van der Waals surface area contributed by atoms with E-state index in [0.717, 1.165) is 32.1 Å². The number of hydrogen-bond donors (Lipinski definition) is 5. The summed E-state index contributed by atoms with van der Waals surface area (Å²) in [7, 11) is 0. The molecule has 50 heavy (non-hydrogen) atoms. The Morgan fingerprint density at radius 3 is 2.34 bits per heavy atom. The Hall–Kier alpha value is -2.70. The number of nitrogens with one attached hydrogen (secondary N) is 4. The number of carbonyl (C=O) groups is 4. The maximum absolute atomic E-state index is 14.5. The third-order valence-electron chi connectivity index (χ3n) is 12.2. The van der Waals surface area contributed by atoms with E-state index < -0.39 is 41.2 Å². The van der Waals surface area contributed by atoms with Gasteiger partial charge in [0.2, 0.25) is 11.8 Å². The van der Waals surface area contributed by atoms with Gasteiger partial charge in [0.15, 0.2) is 0 Å². The van der Waals surface area contributed by atoms with Crippen molar-refractivity contribution in [1.29, 1.82) is 0 Å². The topological polar surface area (TPSA) is 152 Å². The van der Waals surface area contributed by atoms with Gasteiger partial charge in [-0.2, -0.15) is 5.12 Å². The van der Waals surface area contributed by atoms with Gasteiger partial charge in [0.25, 0.3) is 0 Å². The van der Waals surface area contributed by atoms with E-state index in [1.165, 1.54) is 64.2 Å². The van der Waals surface area contributed by atoms with Crippen molar-refractivity contribution in [2.75, 3.05) is 6.54 Å². The number of nitrogens with zero attached hydrogens (tertiary/aromatic N) is 2. The molecule has 0 aromatic heterocycles. The van der Waals surface area contributed by atoms with Crippen LogP contribution in [0.15, 0.2) is 12.2 Å². The number of fused-ring (bicyclic) bond motifs is 2. The number of carbonyl (C=O) groups excluding carboxylic acids is 3. The monoisotopic (exact) mass is 698 g/mol. The molecule has 6 rings (SSSR count). The second-order valence-corrected chi connectivity index (χ2v) is 17.1. The first-order valence-corrected chi connectivity index (χ1v) is 19.8. The summed E-state index contributed by atoms with van der Waals surface area (Å²) in [6.45, 7) is 5.63. The van der Waals surface area contributed by atoms with Crippen LogP contribution in [0.2, 0.25) is 0 Å². The maximum atomic E-state index is 14.5. The molecule has 0 aromatic rings. The summed E-state index contributed by atoms with van der Waals surface area (Å²) < 4.78 is 5.55. The van der Waals surface area contributed by atoms with Crippen molar-refractivity contribution in [3.63, 3.8) is 0 Å². The second kappa shape index (κ2) is 15.9. The molecule has 280 valence electrons. The molecule has 0 bridgehead atoms. The van der Waals surface area contributed by atoms with Gasteiger partial charge in [-0.25, -0.2) is 20.4 Å². The van der Waals surface area contributed by atoms with E-state index in [-0.39, 0.29) is 36.5 Å². The van der Waals surface area contributed by atoms with Crippen LogP contribution in [-0.4, -0.2) is 86.9 Å². The SMILES string of the molecule is CC(C)(C)OC(=O)N[C@@H]1CCCCC/C=C\[C@@H]2C[C@]2(C(=O)O)NC(=O)[C@@H]2C[C@H](N3NC(CC4CCCCC4)C(C4CCCCC4)N3)CN2C1=O. The Morgan fingerprint density at radius 1 is 0.960 bits per heavy atom. The smallest absolute Gasteiger partial charge is 0.408 e. The third-order valence-corrected chi connectivity index (χ3v) is 12.2. The van der Waals surface area contributed by atoms with Crippen molar-refractivity contribution >= 4 is 23.9 Å². The zero-order valence-corrected chi connectivity index (χ0v) is 30.6. The lowest BCUT2D eigenvalue weighted by Gasteiger charge is -2.32. The van der Waals surface area contributed by atoms with Crippen molar-refractivity contribution in [2.45, 2.75) is 178 Å². The van der Waals surface area contributed by atoms with Gasteiger partial charge in [-0.3, -0.25) is 9.59 Å². The molecule has 12 heteroatoms. The molecule has 0 spiro atoms. The molecule has 3 aliphatic carbocycles. The first-order chi connectivity index (χ1) is 23.9. The molecule has 3 aliphatic heterocycles. The molecule has 6 aliphatic rings. The molecule has 12 nitrogen and oxygen atoms in total. The quantitative estimate of drug-likeness (QED) is 0.243. The second-order valence-electron chi connectivity index (χ2n) is 17.1. The van der Waals surface area contributed by atoms with Crippen LogP contribution < -0.4 is 21.5 Å².